The van der Waals surface area contributed by atoms with Crippen LogP contribution in [0.2, 0.25) is 0 Å². The van der Waals surface area contributed by atoms with Crippen LogP contribution in [0.4, 0.5) is 5.69 Å². The molecule has 2 aromatic rings. The molecule has 0 aliphatic carbocycles. The predicted molar refractivity (Wildman–Crippen MR) is 97.0 cm³/mol. The fourth-order valence-corrected chi connectivity index (χ4v) is 2.09. The van der Waals surface area contributed by atoms with E-state index in [9.17, 15) is 9.59 Å². The Kier molecular flexibility index (Phi) is 6.51. The Bertz CT molecular complexity index is 727. The highest BCUT2D eigenvalue weighted by molar-refractivity contribution is 6.05. The van der Waals surface area contributed by atoms with Crippen molar-refractivity contribution in [3.05, 3.63) is 53.9 Å². The number of aromatic nitrogens is 1. The zero-order chi connectivity index (χ0) is 18.2. The first-order valence-electron chi connectivity index (χ1n) is 8.27. The molecule has 6 heteroatoms. The molecule has 1 heterocycles. The third kappa shape index (κ3) is 5.60. The number of nitrogens with zero attached hydrogens (tertiary/aromatic N) is 1. The number of hydrogen-bond acceptors (Lipinski definition) is 4. The highest BCUT2D eigenvalue weighted by Crippen LogP contribution is 2.16. The Morgan fingerprint density at radius 3 is 2.32 bits per heavy atom. The molecule has 0 saturated heterocycles. The molecule has 2 N–H and O–H groups in total. The van der Waals surface area contributed by atoms with Gasteiger partial charge in [-0.15, -0.1) is 0 Å². The monoisotopic (exact) mass is 341 g/mol. The largest absolute Gasteiger partial charge is 0.494 e. The number of carbonyl (C=O) groups excluding carboxylic acids is 2. The van der Waals surface area contributed by atoms with E-state index in [0.29, 0.717) is 35.9 Å². The minimum atomic E-state index is -0.324. The zero-order valence-electron chi connectivity index (χ0n) is 14.7. The van der Waals surface area contributed by atoms with E-state index >= 15 is 0 Å². The molecule has 2 rings (SSSR count). The molecule has 25 heavy (non-hydrogen) atoms. The summed E-state index contributed by atoms with van der Waals surface area (Å²) in [6.07, 6.45) is 2.88. The Hall–Kier alpha value is -2.89. The molecule has 1 aromatic heterocycles. The van der Waals surface area contributed by atoms with Gasteiger partial charge in [0.15, 0.2) is 0 Å². The van der Waals surface area contributed by atoms with Crippen LogP contribution >= 0.6 is 0 Å². The van der Waals surface area contributed by atoms with Gasteiger partial charge in [0.1, 0.15) is 5.75 Å². The van der Waals surface area contributed by atoms with Gasteiger partial charge in [-0.3, -0.25) is 14.6 Å². The van der Waals surface area contributed by atoms with Crippen molar-refractivity contribution >= 4 is 17.5 Å². The SMILES string of the molecule is CCOc1ccc(NC(=O)c2cncc(C(=O)NCC(C)C)c2)cc1. The van der Waals surface area contributed by atoms with Gasteiger partial charge in [-0.1, -0.05) is 13.8 Å². The highest BCUT2D eigenvalue weighted by atomic mass is 16.5. The number of benzene rings is 1. The fourth-order valence-electron chi connectivity index (χ4n) is 2.09. The first kappa shape index (κ1) is 18.4. The summed E-state index contributed by atoms with van der Waals surface area (Å²) in [4.78, 5) is 28.4. The maximum atomic E-state index is 12.4. The molecular weight excluding hydrogens is 318 g/mol. The molecule has 2 amide bonds. The Morgan fingerprint density at radius 2 is 1.72 bits per heavy atom. The number of pyridine rings is 1. The van der Waals surface area contributed by atoms with Crippen LogP contribution in [0.3, 0.4) is 0 Å². The van der Waals surface area contributed by atoms with E-state index in [1.807, 2.05) is 20.8 Å². The molecule has 0 bridgehead atoms. The first-order valence-corrected chi connectivity index (χ1v) is 8.27. The minimum absolute atomic E-state index is 0.239. The summed E-state index contributed by atoms with van der Waals surface area (Å²) in [6, 6.07) is 8.62. The maximum Gasteiger partial charge on any atom is 0.257 e. The van der Waals surface area contributed by atoms with Gasteiger partial charge in [-0.2, -0.15) is 0 Å². The van der Waals surface area contributed by atoms with Crippen LogP contribution in [0.25, 0.3) is 0 Å². The van der Waals surface area contributed by atoms with Gasteiger partial charge in [0.25, 0.3) is 11.8 Å². The van der Waals surface area contributed by atoms with Crippen molar-refractivity contribution in [2.45, 2.75) is 20.8 Å². The van der Waals surface area contributed by atoms with Crippen molar-refractivity contribution in [3.63, 3.8) is 0 Å². The lowest BCUT2D eigenvalue weighted by molar-refractivity contribution is 0.0948. The Morgan fingerprint density at radius 1 is 1.08 bits per heavy atom. The van der Waals surface area contributed by atoms with E-state index in [-0.39, 0.29) is 11.8 Å². The van der Waals surface area contributed by atoms with E-state index in [1.54, 1.807) is 24.3 Å². The molecule has 0 saturated carbocycles. The average molecular weight is 341 g/mol. The number of rotatable bonds is 7. The quantitative estimate of drug-likeness (QED) is 0.811. The van der Waals surface area contributed by atoms with E-state index in [2.05, 4.69) is 15.6 Å². The lowest BCUT2D eigenvalue weighted by atomic mass is 10.1. The number of ether oxygens (including phenoxy) is 1. The molecule has 6 nitrogen and oxygen atoms in total. The summed E-state index contributed by atoms with van der Waals surface area (Å²) in [6.45, 7) is 7.09. The molecule has 0 atom stereocenters. The maximum absolute atomic E-state index is 12.4. The predicted octanol–water partition coefficient (Wildman–Crippen LogP) is 3.12. The van der Waals surface area contributed by atoms with Crippen molar-refractivity contribution in [1.82, 2.24) is 10.3 Å². The second-order valence-corrected chi connectivity index (χ2v) is 5.98. The molecule has 0 aliphatic rings. The van der Waals surface area contributed by atoms with Crippen molar-refractivity contribution in [2.75, 3.05) is 18.5 Å². The molecule has 1 aromatic carbocycles. The number of carbonyl (C=O) groups is 2. The smallest absolute Gasteiger partial charge is 0.257 e. The van der Waals surface area contributed by atoms with Crippen molar-refractivity contribution in [1.29, 1.82) is 0 Å². The number of hydrogen-bond donors (Lipinski definition) is 2. The lowest BCUT2D eigenvalue weighted by Crippen LogP contribution is -2.27. The standard InChI is InChI=1S/C19H23N3O3/c1-4-25-17-7-5-16(6-8-17)22-19(24)15-9-14(11-20-12-15)18(23)21-10-13(2)3/h5-9,11-13H,4,10H2,1-3H3,(H,21,23)(H,22,24). The molecular formula is C19H23N3O3. The van der Waals surface area contributed by atoms with Gasteiger partial charge < -0.3 is 15.4 Å². The number of anilines is 1. The molecule has 0 radical (unpaired) electrons. The molecule has 132 valence electrons. The average Bonchev–Trinajstić information content (AvgIpc) is 2.61. The van der Waals surface area contributed by atoms with E-state index in [4.69, 9.17) is 4.74 Å². The van der Waals surface area contributed by atoms with Gasteiger partial charge in [0, 0.05) is 24.6 Å². The summed E-state index contributed by atoms with van der Waals surface area (Å²) in [5, 5.41) is 5.59. The summed E-state index contributed by atoms with van der Waals surface area (Å²) >= 11 is 0. The summed E-state index contributed by atoms with van der Waals surface area (Å²) in [5.41, 5.74) is 1.33. The van der Waals surface area contributed by atoms with E-state index in [1.165, 1.54) is 18.5 Å². The lowest BCUT2D eigenvalue weighted by Gasteiger charge is -2.09. The minimum Gasteiger partial charge on any atom is -0.494 e. The Labute approximate surface area is 147 Å². The van der Waals surface area contributed by atoms with Crippen LogP contribution in [0.1, 0.15) is 41.5 Å². The molecule has 0 aliphatic heterocycles. The number of nitrogens with one attached hydrogen (secondary N) is 2. The third-order valence-electron chi connectivity index (χ3n) is 3.36. The second-order valence-electron chi connectivity index (χ2n) is 5.98. The summed E-state index contributed by atoms with van der Waals surface area (Å²) in [5.74, 6) is 0.529. The summed E-state index contributed by atoms with van der Waals surface area (Å²) in [7, 11) is 0. The van der Waals surface area contributed by atoms with E-state index in [0.717, 1.165) is 5.75 Å². The van der Waals surface area contributed by atoms with Crippen LogP contribution in [0.5, 0.6) is 5.75 Å². The van der Waals surface area contributed by atoms with Crippen LogP contribution in [-0.4, -0.2) is 29.9 Å². The normalized spacial score (nSPS) is 10.4. The molecule has 0 spiro atoms. The fraction of sp³-hybridized carbons (Fsp3) is 0.316. The highest BCUT2D eigenvalue weighted by Gasteiger charge is 2.12. The third-order valence-corrected chi connectivity index (χ3v) is 3.36. The molecule has 0 unspecified atom stereocenters. The van der Waals surface area contributed by atoms with Gasteiger partial charge in [-0.25, -0.2) is 0 Å². The Balaban J connectivity index is 2.04. The van der Waals surface area contributed by atoms with Crippen LogP contribution in [-0.2, 0) is 0 Å². The van der Waals surface area contributed by atoms with E-state index < -0.39 is 0 Å². The van der Waals surface area contributed by atoms with Crippen LogP contribution in [0, 0.1) is 5.92 Å². The van der Waals surface area contributed by atoms with Gasteiger partial charge in [0.2, 0.25) is 0 Å². The molecule has 0 fully saturated rings. The second kappa shape index (κ2) is 8.82. The number of amides is 2. The topological polar surface area (TPSA) is 80.3 Å². The first-order chi connectivity index (χ1) is 12.0. The van der Waals surface area contributed by atoms with Crippen LogP contribution < -0.4 is 15.4 Å². The van der Waals surface area contributed by atoms with Crippen molar-refractivity contribution in [3.8, 4) is 5.75 Å². The zero-order valence-corrected chi connectivity index (χ0v) is 14.7. The summed E-state index contributed by atoms with van der Waals surface area (Å²) < 4.78 is 5.37. The van der Waals surface area contributed by atoms with Gasteiger partial charge >= 0.3 is 0 Å². The van der Waals surface area contributed by atoms with Gasteiger partial charge in [-0.05, 0) is 43.2 Å². The van der Waals surface area contributed by atoms with Crippen molar-refractivity contribution in [2.24, 2.45) is 5.92 Å². The van der Waals surface area contributed by atoms with Crippen molar-refractivity contribution < 1.29 is 14.3 Å². The van der Waals surface area contributed by atoms with Gasteiger partial charge in [0.05, 0.1) is 17.7 Å². The van der Waals surface area contributed by atoms with Crippen LogP contribution in [0.15, 0.2) is 42.7 Å².